The van der Waals surface area contributed by atoms with Crippen LogP contribution in [0.1, 0.15) is 0 Å². The molecule has 0 bridgehead atoms. The van der Waals surface area contributed by atoms with E-state index in [-0.39, 0.29) is 0 Å². The number of H-pyrrole nitrogens is 1. The lowest BCUT2D eigenvalue weighted by atomic mass is 10.1. The van der Waals surface area contributed by atoms with Crippen molar-refractivity contribution >= 4 is 48.8 Å². The topological polar surface area (TPSA) is 46.5 Å². The van der Waals surface area contributed by atoms with Crippen molar-refractivity contribution in [2.75, 3.05) is 0 Å². The van der Waals surface area contributed by atoms with E-state index in [0.717, 1.165) is 37.3 Å². The minimum Gasteiger partial charge on any atom is -0.353 e. The molecule has 3 heterocycles. The van der Waals surface area contributed by atoms with Crippen molar-refractivity contribution in [3.05, 3.63) is 35.1 Å². The molecule has 18 heavy (non-hydrogen) atoms. The molecule has 3 aromatic heterocycles. The first-order valence-corrected chi connectivity index (χ1v) is 6.41. The van der Waals surface area contributed by atoms with Crippen LogP contribution in [-0.2, 0) is 7.05 Å². The zero-order chi connectivity index (χ0) is 12.3. The van der Waals surface area contributed by atoms with Gasteiger partial charge in [0.05, 0.1) is 33.6 Å². The van der Waals surface area contributed by atoms with Crippen LogP contribution >= 0.6 is 15.9 Å². The van der Waals surface area contributed by atoms with E-state index in [9.17, 15) is 0 Å². The number of nitrogens with one attached hydrogen (secondary N) is 1. The van der Waals surface area contributed by atoms with Gasteiger partial charge in [0.2, 0.25) is 0 Å². The molecule has 0 amide bonds. The summed E-state index contributed by atoms with van der Waals surface area (Å²) in [6.45, 7) is 0. The van der Waals surface area contributed by atoms with E-state index in [4.69, 9.17) is 0 Å². The fourth-order valence-corrected chi connectivity index (χ4v) is 2.82. The molecule has 0 saturated carbocycles. The van der Waals surface area contributed by atoms with E-state index >= 15 is 0 Å². The number of nitrogens with zero attached hydrogens (tertiary/aromatic N) is 3. The Bertz CT molecular complexity index is 903. The first kappa shape index (κ1) is 10.1. The lowest BCUT2D eigenvalue weighted by Crippen LogP contribution is -1.89. The average Bonchev–Trinajstić information content (AvgIpc) is 2.89. The summed E-state index contributed by atoms with van der Waals surface area (Å²) in [6.07, 6.45) is 3.71. The molecule has 0 unspecified atom stereocenters. The van der Waals surface area contributed by atoms with E-state index in [0.29, 0.717) is 0 Å². The number of rotatable bonds is 0. The second kappa shape index (κ2) is 3.32. The van der Waals surface area contributed by atoms with Gasteiger partial charge < -0.3 is 4.98 Å². The summed E-state index contributed by atoms with van der Waals surface area (Å²) >= 11 is 3.45. The van der Waals surface area contributed by atoms with Gasteiger partial charge in [-0.1, -0.05) is 0 Å². The highest BCUT2D eigenvalue weighted by Crippen LogP contribution is 2.31. The third kappa shape index (κ3) is 1.19. The molecular formula is C13H9BrN4. The number of halogens is 1. The summed E-state index contributed by atoms with van der Waals surface area (Å²) in [5.74, 6) is 0. The van der Waals surface area contributed by atoms with Crippen LogP contribution in [0.3, 0.4) is 0 Å². The number of aromatic amines is 1. The molecule has 0 fully saturated rings. The Morgan fingerprint density at radius 1 is 1.22 bits per heavy atom. The molecule has 0 aliphatic heterocycles. The van der Waals surface area contributed by atoms with E-state index in [1.54, 1.807) is 0 Å². The van der Waals surface area contributed by atoms with Gasteiger partial charge in [0.25, 0.3) is 0 Å². The largest absolute Gasteiger partial charge is 0.353 e. The third-order valence-corrected chi connectivity index (χ3v) is 3.70. The van der Waals surface area contributed by atoms with Crippen LogP contribution in [0.4, 0.5) is 0 Å². The minimum absolute atomic E-state index is 0.975. The molecule has 4 aromatic rings. The maximum atomic E-state index is 4.52. The second-order valence-electron chi connectivity index (χ2n) is 4.37. The van der Waals surface area contributed by atoms with Crippen LogP contribution in [-0.4, -0.2) is 19.7 Å². The molecular weight excluding hydrogens is 292 g/mol. The van der Waals surface area contributed by atoms with E-state index in [1.807, 2.05) is 30.2 Å². The molecule has 0 spiro atoms. The number of fused-ring (bicyclic) bond motifs is 5. The van der Waals surface area contributed by atoms with Crippen molar-refractivity contribution in [1.82, 2.24) is 19.7 Å². The molecule has 0 atom stereocenters. The maximum absolute atomic E-state index is 4.52. The van der Waals surface area contributed by atoms with Crippen molar-refractivity contribution in [2.45, 2.75) is 0 Å². The van der Waals surface area contributed by atoms with Crippen molar-refractivity contribution in [2.24, 2.45) is 7.05 Å². The molecule has 4 rings (SSSR count). The Morgan fingerprint density at radius 2 is 2.11 bits per heavy atom. The normalized spacial score (nSPS) is 11.9. The van der Waals surface area contributed by atoms with Crippen LogP contribution in [0.2, 0.25) is 0 Å². The Hall–Kier alpha value is -1.88. The minimum atomic E-state index is 0.975. The van der Waals surface area contributed by atoms with Gasteiger partial charge in [0.15, 0.2) is 0 Å². The zero-order valence-corrected chi connectivity index (χ0v) is 11.2. The number of pyridine rings is 1. The van der Waals surface area contributed by atoms with Gasteiger partial charge >= 0.3 is 0 Å². The van der Waals surface area contributed by atoms with Gasteiger partial charge in [0.1, 0.15) is 0 Å². The smallest absolute Gasteiger partial charge is 0.0980 e. The molecule has 5 heteroatoms. The van der Waals surface area contributed by atoms with Crippen LogP contribution in [0, 0.1) is 0 Å². The van der Waals surface area contributed by atoms with Gasteiger partial charge in [0, 0.05) is 23.1 Å². The molecule has 1 aromatic carbocycles. The predicted molar refractivity (Wildman–Crippen MR) is 75.6 cm³/mol. The van der Waals surface area contributed by atoms with Crippen LogP contribution < -0.4 is 0 Å². The van der Waals surface area contributed by atoms with E-state index in [2.05, 4.69) is 43.1 Å². The second-order valence-corrected chi connectivity index (χ2v) is 5.28. The summed E-state index contributed by atoms with van der Waals surface area (Å²) in [6, 6.07) is 6.20. The van der Waals surface area contributed by atoms with Crippen LogP contribution in [0.25, 0.3) is 32.8 Å². The summed E-state index contributed by atoms with van der Waals surface area (Å²) in [5.41, 5.74) is 4.23. The first-order chi connectivity index (χ1) is 8.74. The fraction of sp³-hybridized carbons (Fsp3) is 0.0769. The van der Waals surface area contributed by atoms with Crippen LogP contribution in [0.5, 0.6) is 0 Å². The molecule has 0 radical (unpaired) electrons. The van der Waals surface area contributed by atoms with Gasteiger partial charge in [-0.3, -0.25) is 9.67 Å². The Balaban J connectivity index is 2.36. The summed E-state index contributed by atoms with van der Waals surface area (Å²) in [7, 11) is 1.96. The van der Waals surface area contributed by atoms with Gasteiger partial charge in [-0.25, -0.2) is 0 Å². The fourth-order valence-electron chi connectivity index (χ4n) is 2.49. The summed E-state index contributed by atoms with van der Waals surface area (Å²) in [4.78, 5) is 7.91. The lowest BCUT2D eigenvalue weighted by Gasteiger charge is -1.97. The summed E-state index contributed by atoms with van der Waals surface area (Å²) < 4.78 is 2.87. The van der Waals surface area contributed by atoms with Gasteiger partial charge in [-0.15, -0.1) is 0 Å². The standard InChI is InChI=1S/C13H9BrN4/c1-18-13-7(5-16-18)2-3-9-11(13)12-10(17-9)4-8(14)6-15-12/h2-6,17H,1H3. The number of benzene rings is 1. The van der Waals surface area contributed by atoms with E-state index in [1.165, 1.54) is 0 Å². The van der Waals surface area contributed by atoms with Crippen molar-refractivity contribution in [3.8, 4) is 0 Å². The first-order valence-electron chi connectivity index (χ1n) is 5.62. The molecule has 4 nitrogen and oxygen atoms in total. The molecule has 0 saturated heterocycles. The number of aromatic nitrogens is 4. The monoisotopic (exact) mass is 300 g/mol. The highest BCUT2D eigenvalue weighted by molar-refractivity contribution is 9.10. The van der Waals surface area contributed by atoms with Crippen molar-refractivity contribution in [3.63, 3.8) is 0 Å². The number of aryl methyl sites for hydroxylation is 1. The SMILES string of the molecule is Cn1ncc2ccc3[nH]c4cc(Br)cnc4c3c21. The van der Waals surface area contributed by atoms with Crippen molar-refractivity contribution < 1.29 is 0 Å². The van der Waals surface area contributed by atoms with E-state index < -0.39 is 0 Å². The zero-order valence-electron chi connectivity index (χ0n) is 9.61. The van der Waals surface area contributed by atoms with Gasteiger partial charge in [-0.2, -0.15) is 5.10 Å². The Labute approximate surface area is 111 Å². The van der Waals surface area contributed by atoms with Crippen molar-refractivity contribution in [1.29, 1.82) is 0 Å². The molecule has 0 aliphatic rings. The average molecular weight is 301 g/mol. The Morgan fingerprint density at radius 3 is 3.00 bits per heavy atom. The Kier molecular flexibility index (Phi) is 1.86. The predicted octanol–water partition coefficient (Wildman–Crippen LogP) is 3.37. The van der Waals surface area contributed by atoms with Crippen LogP contribution in [0.15, 0.2) is 35.1 Å². The quantitative estimate of drug-likeness (QED) is 0.541. The lowest BCUT2D eigenvalue weighted by molar-refractivity contribution is 0.799. The summed E-state index contributed by atoms with van der Waals surface area (Å²) in [5, 5.41) is 6.58. The number of hydrogen-bond donors (Lipinski definition) is 1. The highest BCUT2D eigenvalue weighted by Gasteiger charge is 2.12. The molecule has 0 aliphatic carbocycles. The highest BCUT2D eigenvalue weighted by atomic mass is 79.9. The molecule has 88 valence electrons. The molecule has 1 N–H and O–H groups in total. The maximum Gasteiger partial charge on any atom is 0.0980 e. The third-order valence-electron chi connectivity index (χ3n) is 3.26. The number of hydrogen-bond acceptors (Lipinski definition) is 2. The van der Waals surface area contributed by atoms with Gasteiger partial charge in [-0.05, 0) is 34.1 Å².